The number of nitrogens with zero attached hydrogens (tertiary/aromatic N) is 1. The quantitative estimate of drug-likeness (QED) is 0.746. The first-order valence-corrected chi connectivity index (χ1v) is 4.94. The molecular weight excluding hydrogens is 186 g/mol. The van der Waals surface area contributed by atoms with Crippen molar-refractivity contribution in [2.45, 2.75) is 19.9 Å². The molecule has 1 heterocycles. The maximum absolute atomic E-state index is 11.4. The summed E-state index contributed by atoms with van der Waals surface area (Å²) in [7, 11) is 0. The number of nitrogens with two attached hydrogens (primary N) is 1. The maximum atomic E-state index is 11.4. The van der Waals surface area contributed by atoms with Crippen molar-refractivity contribution in [3.8, 4) is 0 Å². The summed E-state index contributed by atoms with van der Waals surface area (Å²) in [4.78, 5) is 15.5. The molecule has 0 aromatic carbocycles. The van der Waals surface area contributed by atoms with E-state index in [2.05, 4.69) is 10.3 Å². The van der Waals surface area contributed by atoms with Crippen LogP contribution in [0.2, 0.25) is 0 Å². The Morgan fingerprint density at radius 3 is 3.00 bits per heavy atom. The molecule has 4 nitrogen and oxygen atoms in total. The van der Waals surface area contributed by atoms with Gasteiger partial charge in [-0.3, -0.25) is 4.79 Å². The van der Waals surface area contributed by atoms with Gasteiger partial charge in [-0.05, 0) is 13.8 Å². The molecule has 3 N–H and O–H groups in total. The minimum absolute atomic E-state index is 0.00509. The second-order valence-corrected chi connectivity index (χ2v) is 3.92. The van der Waals surface area contributed by atoms with Gasteiger partial charge in [-0.1, -0.05) is 0 Å². The van der Waals surface area contributed by atoms with E-state index in [1.165, 1.54) is 11.3 Å². The van der Waals surface area contributed by atoms with Crippen molar-refractivity contribution in [1.82, 2.24) is 10.3 Å². The number of thiazole rings is 1. The van der Waals surface area contributed by atoms with Crippen molar-refractivity contribution in [2.24, 2.45) is 5.73 Å². The fourth-order valence-electron chi connectivity index (χ4n) is 0.824. The van der Waals surface area contributed by atoms with Gasteiger partial charge < -0.3 is 11.1 Å². The number of nitrogens with one attached hydrogen (secondary N) is 1. The molecule has 0 saturated carbocycles. The van der Waals surface area contributed by atoms with E-state index >= 15 is 0 Å². The molecule has 0 saturated heterocycles. The van der Waals surface area contributed by atoms with Crippen LogP contribution >= 0.6 is 11.3 Å². The minimum atomic E-state index is -0.151. The molecule has 1 aromatic rings. The van der Waals surface area contributed by atoms with Crippen LogP contribution in [0.4, 0.5) is 0 Å². The minimum Gasteiger partial charge on any atom is -0.347 e. The predicted octanol–water partition coefficient (Wildman–Crippen LogP) is 0.529. The summed E-state index contributed by atoms with van der Waals surface area (Å²) >= 11 is 1.46. The number of carbonyl (C=O) groups excluding carboxylic acids is 1. The molecule has 1 aromatic heterocycles. The van der Waals surface area contributed by atoms with Crippen LogP contribution in [0, 0.1) is 6.92 Å². The summed E-state index contributed by atoms with van der Waals surface area (Å²) in [6.07, 6.45) is 0. The van der Waals surface area contributed by atoms with E-state index < -0.39 is 0 Å². The van der Waals surface area contributed by atoms with Crippen LogP contribution in [-0.4, -0.2) is 23.5 Å². The Labute approximate surface area is 81.2 Å². The summed E-state index contributed by atoms with van der Waals surface area (Å²) in [5.74, 6) is -0.151. The number of aromatic nitrogens is 1. The van der Waals surface area contributed by atoms with Gasteiger partial charge in [0.25, 0.3) is 5.91 Å². The zero-order valence-corrected chi connectivity index (χ0v) is 8.52. The number of aryl methyl sites for hydroxylation is 1. The molecule has 0 bridgehead atoms. The number of rotatable bonds is 3. The predicted molar refractivity (Wildman–Crippen MR) is 52.8 cm³/mol. The van der Waals surface area contributed by atoms with Crippen LogP contribution in [0.15, 0.2) is 5.38 Å². The summed E-state index contributed by atoms with van der Waals surface area (Å²) < 4.78 is 0. The van der Waals surface area contributed by atoms with Gasteiger partial charge in [0.15, 0.2) is 0 Å². The van der Waals surface area contributed by atoms with Crippen LogP contribution in [0.25, 0.3) is 0 Å². The lowest BCUT2D eigenvalue weighted by molar-refractivity contribution is 0.0937. The third kappa shape index (κ3) is 2.78. The van der Waals surface area contributed by atoms with Gasteiger partial charge in [0.1, 0.15) is 5.69 Å². The molecule has 0 spiro atoms. The third-order valence-electron chi connectivity index (χ3n) is 1.58. The molecule has 0 unspecified atom stereocenters. The average Bonchev–Trinajstić information content (AvgIpc) is 2.51. The first-order chi connectivity index (χ1) is 6.13. The molecule has 1 atom stereocenters. The van der Waals surface area contributed by atoms with Gasteiger partial charge in [-0.15, -0.1) is 11.3 Å². The maximum Gasteiger partial charge on any atom is 0.271 e. The van der Waals surface area contributed by atoms with Gasteiger partial charge in [-0.2, -0.15) is 0 Å². The van der Waals surface area contributed by atoms with Crippen LogP contribution in [0.1, 0.15) is 22.4 Å². The average molecular weight is 199 g/mol. The van der Waals surface area contributed by atoms with Gasteiger partial charge in [0.05, 0.1) is 5.01 Å². The highest BCUT2D eigenvalue weighted by molar-refractivity contribution is 7.09. The van der Waals surface area contributed by atoms with E-state index in [4.69, 9.17) is 5.73 Å². The fourth-order valence-corrected chi connectivity index (χ4v) is 1.42. The summed E-state index contributed by atoms with van der Waals surface area (Å²) in [6, 6.07) is -0.00509. The monoisotopic (exact) mass is 199 g/mol. The van der Waals surface area contributed by atoms with Gasteiger partial charge in [0.2, 0.25) is 0 Å². The van der Waals surface area contributed by atoms with E-state index in [0.29, 0.717) is 12.2 Å². The third-order valence-corrected chi connectivity index (χ3v) is 2.36. The Kier molecular flexibility index (Phi) is 3.39. The van der Waals surface area contributed by atoms with Crippen molar-refractivity contribution in [3.05, 3.63) is 16.1 Å². The second kappa shape index (κ2) is 4.34. The molecule has 0 radical (unpaired) electrons. The van der Waals surface area contributed by atoms with Crippen LogP contribution in [0.5, 0.6) is 0 Å². The second-order valence-electron chi connectivity index (χ2n) is 2.86. The smallest absolute Gasteiger partial charge is 0.271 e. The summed E-state index contributed by atoms with van der Waals surface area (Å²) in [6.45, 7) is 4.17. The van der Waals surface area contributed by atoms with Crippen LogP contribution < -0.4 is 11.1 Å². The lowest BCUT2D eigenvalue weighted by Crippen LogP contribution is -2.37. The van der Waals surface area contributed by atoms with Gasteiger partial charge in [-0.25, -0.2) is 4.98 Å². The molecule has 1 rings (SSSR count). The molecule has 0 aliphatic carbocycles. The standard InChI is InChI=1S/C8H13N3OS/c1-5(3-9)10-8(12)7-4-13-6(2)11-7/h4-5H,3,9H2,1-2H3,(H,10,12)/t5-/m0/s1. The highest BCUT2D eigenvalue weighted by Crippen LogP contribution is 2.07. The Bertz CT molecular complexity index is 297. The Morgan fingerprint density at radius 1 is 1.85 bits per heavy atom. The van der Waals surface area contributed by atoms with Crippen LogP contribution in [0.3, 0.4) is 0 Å². The summed E-state index contributed by atoms with van der Waals surface area (Å²) in [5.41, 5.74) is 5.85. The Morgan fingerprint density at radius 2 is 2.54 bits per heavy atom. The highest BCUT2D eigenvalue weighted by Gasteiger charge is 2.10. The largest absolute Gasteiger partial charge is 0.347 e. The molecule has 1 amide bonds. The van der Waals surface area contributed by atoms with E-state index in [1.807, 2.05) is 13.8 Å². The zero-order valence-electron chi connectivity index (χ0n) is 7.70. The van der Waals surface area contributed by atoms with Crippen molar-refractivity contribution in [3.63, 3.8) is 0 Å². The number of hydrogen-bond acceptors (Lipinski definition) is 4. The number of carbonyl (C=O) groups is 1. The first kappa shape index (κ1) is 10.1. The molecular formula is C8H13N3OS. The van der Waals surface area contributed by atoms with Gasteiger partial charge >= 0.3 is 0 Å². The van der Waals surface area contributed by atoms with Crippen molar-refractivity contribution in [1.29, 1.82) is 0 Å². The molecule has 72 valence electrons. The Balaban J connectivity index is 2.58. The van der Waals surface area contributed by atoms with E-state index in [1.54, 1.807) is 5.38 Å². The topological polar surface area (TPSA) is 68.0 Å². The molecule has 0 aliphatic rings. The van der Waals surface area contributed by atoms with Crippen molar-refractivity contribution in [2.75, 3.05) is 6.54 Å². The van der Waals surface area contributed by atoms with E-state index in [9.17, 15) is 4.79 Å². The molecule has 13 heavy (non-hydrogen) atoms. The normalized spacial score (nSPS) is 12.5. The van der Waals surface area contributed by atoms with E-state index in [-0.39, 0.29) is 11.9 Å². The van der Waals surface area contributed by atoms with Crippen LogP contribution in [-0.2, 0) is 0 Å². The molecule has 0 fully saturated rings. The summed E-state index contributed by atoms with van der Waals surface area (Å²) in [5, 5.41) is 5.38. The van der Waals surface area contributed by atoms with E-state index in [0.717, 1.165) is 5.01 Å². The highest BCUT2D eigenvalue weighted by atomic mass is 32.1. The zero-order chi connectivity index (χ0) is 9.84. The Hall–Kier alpha value is -0.940. The fraction of sp³-hybridized carbons (Fsp3) is 0.500. The van der Waals surface area contributed by atoms with Gasteiger partial charge in [0, 0.05) is 18.0 Å². The molecule has 5 heteroatoms. The van der Waals surface area contributed by atoms with Crippen molar-refractivity contribution < 1.29 is 4.79 Å². The lowest BCUT2D eigenvalue weighted by Gasteiger charge is -2.08. The molecule has 0 aliphatic heterocycles. The first-order valence-electron chi connectivity index (χ1n) is 4.06. The lowest BCUT2D eigenvalue weighted by atomic mass is 10.3. The SMILES string of the molecule is Cc1nc(C(=O)N[C@@H](C)CN)cs1. The number of amides is 1. The van der Waals surface area contributed by atoms with Crippen molar-refractivity contribution >= 4 is 17.2 Å². The number of hydrogen-bond donors (Lipinski definition) is 2.